The van der Waals surface area contributed by atoms with E-state index in [4.69, 9.17) is 9.72 Å². The lowest BCUT2D eigenvalue weighted by molar-refractivity contribution is 0.0827. The average Bonchev–Trinajstić information content (AvgIpc) is 2.82. The summed E-state index contributed by atoms with van der Waals surface area (Å²) < 4.78 is 6.97. The smallest absolute Gasteiger partial charge is 0.266 e. The first-order valence-electron chi connectivity index (χ1n) is 10.1. The van der Waals surface area contributed by atoms with Crippen LogP contribution in [-0.2, 0) is 5.75 Å². The van der Waals surface area contributed by atoms with Crippen LogP contribution in [0.3, 0.4) is 0 Å². The molecular weight excluding hydrogens is 422 g/mol. The van der Waals surface area contributed by atoms with Crippen molar-refractivity contribution in [1.29, 1.82) is 0 Å². The molecule has 0 spiro atoms. The Labute approximate surface area is 190 Å². The fourth-order valence-electron chi connectivity index (χ4n) is 3.34. The quantitative estimate of drug-likeness (QED) is 0.325. The number of fused-ring (bicyclic) bond motifs is 1. The lowest BCUT2D eigenvalue weighted by Gasteiger charge is -2.14. The van der Waals surface area contributed by atoms with Crippen LogP contribution in [0.4, 0.5) is 0 Å². The van der Waals surface area contributed by atoms with Gasteiger partial charge < -0.3 is 9.64 Å². The summed E-state index contributed by atoms with van der Waals surface area (Å²) in [7, 11) is 5.06. The average molecular weight is 446 g/mol. The fraction of sp³-hybridized carbons (Fsp3) is 0.160. The van der Waals surface area contributed by atoms with Crippen LogP contribution in [0.25, 0.3) is 16.6 Å². The highest BCUT2D eigenvalue weighted by atomic mass is 32.2. The maximum Gasteiger partial charge on any atom is 0.266 e. The van der Waals surface area contributed by atoms with E-state index >= 15 is 0 Å². The molecule has 0 fully saturated rings. The number of aromatic nitrogens is 2. The zero-order chi connectivity index (χ0) is 22.7. The summed E-state index contributed by atoms with van der Waals surface area (Å²) in [6.07, 6.45) is 0. The van der Waals surface area contributed by atoms with Crippen molar-refractivity contribution in [3.63, 3.8) is 0 Å². The summed E-state index contributed by atoms with van der Waals surface area (Å²) in [6, 6.07) is 22.2. The van der Waals surface area contributed by atoms with Gasteiger partial charge in [-0.3, -0.25) is 14.2 Å². The van der Waals surface area contributed by atoms with E-state index in [1.165, 1.54) is 11.8 Å². The molecule has 0 radical (unpaired) electrons. The van der Waals surface area contributed by atoms with Gasteiger partial charge in [0, 0.05) is 31.5 Å². The van der Waals surface area contributed by atoms with Crippen LogP contribution < -0.4 is 10.3 Å². The van der Waals surface area contributed by atoms with E-state index in [0.717, 1.165) is 5.56 Å². The normalized spacial score (nSPS) is 10.8. The summed E-state index contributed by atoms with van der Waals surface area (Å²) in [5, 5.41) is 1.15. The molecule has 4 rings (SSSR count). The molecule has 162 valence electrons. The first-order chi connectivity index (χ1) is 15.5. The molecule has 0 unspecified atom stereocenters. The molecule has 0 N–H and O–H groups in total. The topological polar surface area (TPSA) is 64.4 Å². The number of ether oxygens (including phenoxy) is 1. The van der Waals surface area contributed by atoms with Gasteiger partial charge >= 0.3 is 0 Å². The van der Waals surface area contributed by atoms with Gasteiger partial charge in [-0.2, -0.15) is 0 Å². The third-order valence-corrected chi connectivity index (χ3v) is 6.04. The third-order valence-electron chi connectivity index (χ3n) is 5.03. The van der Waals surface area contributed by atoms with Crippen LogP contribution in [0.15, 0.2) is 82.7 Å². The number of thioether (sulfide) groups is 1. The predicted molar refractivity (Wildman–Crippen MR) is 128 cm³/mol. The van der Waals surface area contributed by atoms with Crippen molar-refractivity contribution >= 4 is 28.6 Å². The summed E-state index contributed by atoms with van der Waals surface area (Å²) in [4.78, 5) is 31.8. The molecule has 0 aliphatic carbocycles. The van der Waals surface area contributed by atoms with Crippen LogP contribution >= 0.6 is 11.8 Å². The molecule has 6 nitrogen and oxygen atoms in total. The molecular formula is C25H23N3O3S. The largest absolute Gasteiger partial charge is 0.497 e. The van der Waals surface area contributed by atoms with E-state index < -0.39 is 0 Å². The van der Waals surface area contributed by atoms with E-state index in [2.05, 4.69) is 0 Å². The van der Waals surface area contributed by atoms with Gasteiger partial charge in [-0.05, 0) is 42.0 Å². The second-order valence-corrected chi connectivity index (χ2v) is 8.38. The Hall–Kier alpha value is -3.58. The van der Waals surface area contributed by atoms with Gasteiger partial charge in [0.05, 0.1) is 23.7 Å². The standard InChI is InChI=1S/C25H23N3O3S/c1-27(2)23(29)18-13-11-17(12-14-18)16-32-25-26-22-10-5-4-9-21(22)24(30)28(25)19-7-6-8-20(15-19)31-3/h4-15H,16H2,1-3H3. The Morgan fingerprint density at radius 3 is 2.50 bits per heavy atom. The van der Waals surface area contributed by atoms with Crippen molar-refractivity contribution in [2.75, 3.05) is 21.2 Å². The van der Waals surface area contributed by atoms with Gasteiger partial charge in [0.1, 0.15) is 5.75 Å². The Balaban J connectivity index is 1.71. The lowest BCUT2D eigenvalue weighted by atomic mass is 10.1. The first-order valence-corrected chi connectivity index (χ1v) is 11.1. The second-order valence-electron chi connectivity index (χ2n) is 7.44. The molecule has 0 bridgehead atoms. The number of amides is 1. The van der Waals surface area contributed by atoms with Gasteiger partial charge in [0.25, 0.3) is 11.5 Å². The van der Waals surface area contributed by atoms with Crippen molar-refractivity contribution in [2.45, 2.75) is 10.9 Å². The van der Waals surface area contributed by atoms with E-state index in [0.29, 0.717) is 38.8 Å². The number of methoxy groups -OCH3 is 1. The molecule has 0 aliphatic heterocycles. The Kier molecular flexibility index (Phi) is 6.28. The minimum Gasteiger partial charge on any atom is -0.497 e. The maximum atomic E-state index is 13.4. The van der Waals surface area contributed by atoms with Gasteiger partial charge in [-0.25, -0.2) is 4.98 Å². The van der Waals surface area contributed by atoms with E-state index in [-0.39, 0.29) is 11.5 Å². The molecule has 0 atom stereocenters. The van der Waals surface area contributed by atoms with Gasteiger partial charge in [-0.15, -0.1) is 0 Å². The molecule has 0 aliphatic rings. The zero-order valence-corrected chi connectivity index (χ0v) is 18.9. The minimum absolute atomic E-state index is 0.0349. The Morgan fingerprint density at radius 1 is 1.03 bits per heavy atom. The Morgan fingerprint density at radius 2 is 1.78 bits per heavy atom. The number of hydrogen-bond acceptors (Lipinski definition) is 5. The van der Waals surface area contributed by atoms with Gasteiger partial charge in [0.2, 0.25) is 0 Å². The van der Waals surface area contributed by atoms with Crippen molar-refractivity contribution in [3.8, 4) is 11.4 Å². The molecule has 4 aromatic rings. The SMILES string of the molecule is COc1cccc(-n2c(SCc3ccc(C(=O)N(C)C)cc3)nc3ccccc3c2=O)c1. The van der Waals surface area contributed by atoms with E-state index in [1.807, 2.05) is 66.7 Å². The molecule has 1 heterocycles. The number of para-hydroxylation sites is 1. The number of carbonyl (C=O) groups excluding carboxylic acids is 1. The number of hydrogen-bond donors (Lipinski definition) is 0. The zero-order valence-electron chi connectivity index (χ0n) is 18.1. The summed E-state index contributed by atoms with van der Waals surface area (Å²) in [6.45, 7) is 0. The van der Waals surface area contributed by atoms with Crippen LogP contribution in [0, 0.1) is 0 Å². The molecule has 1 aromatic heterocycles. The van der Waals surface area contributed by atoms with Gasteiger partial charge in [-0.1, -0.05) is 42.1 Å². The highest BCUT2D eigenvalue weighted by molar-refractivity contribution is 7.98. The van der Waals surface area contributed by atoms with E-state index in [1.54, 1.807) is 36.7 Å². The van der Waals surface area contributed by atoms with Crippen LogP contribution in [0.1, 0.15) is 15.9 Å². The second kappa shape index (κ2) is 9.28. The van der Waals surface area contributed by atoms with Crippen LogP contribution in [-0.4, -0.2) is 41.6 Å². The fourth-order valence-corrected chi connectivity index (χ4v) is 4.30. The Bertz CT molecular complexity index is 1330. The number of benzene rings is 3. The molecule has 0 saturated heterocycles. The number of rotatable bonds is 6. The monoisotopic (exact) mass is 445 g/mol. The van der Waals surface area contributed by atoms with Crippen LogP contribution in [0.5, 0.6) is 5.75 Å². The first kappa shape index (κ1) is 21.6. The summed E-state index contributed by atoms with van der Waals surface area (Å²) >= 11 is 1.47. The van der Waals surface area contributed by atoms with Crippen LogP contribution in [0.2, 0.25) is 0 Å². The van der Waals surface area contributed by atoms with Gasteiger partial charge in [0.15, 0.2) is 5.16 Å². The third kappa shape index (κ3) is 4.38. The number of nitrogens with zero attached hydrogens (tertiary/aromatic N) is 3. The summed E-state index contributed by atoms with van der Waals surface area (Å²) in [5.74, 6) is 1.23. The highest BCUT2D eigenvalue weighted by Gasteiger charge is 2.14. The molecule has 7 heteroatoms. The lowest BCUT2D eigenvalue weighted by Crippen LogP contribution is -2.22. The van der Waals surface area contributed by atoms with E-state index in [9.17, 15) is 9.59 Å². The molecule has 1 amide bonds. The summed E-state index contributed by atoms with van der Waals surface area (Å²) in [5.41, 5.74) is 2.90. The van der Waals surface area contributed by atoms with Crippen molar-refractivity contribution in [2.24, 2.45) is 0 Å². The maximum absolute atomic E-state index is 13.4. The molecule has 32 heavy (non-hydrogen) atoms. The van der Waals surface area contributed by atoms with Crippen molar-refractivity contribution < 1.29 is 9.53 Å². The molecule has 3 aromatic carbocycles. The molecule has 0 saturated carbocycles. The highest BCUT2D eigenvalue weighted by Crippen LogP contribution is 2.26. The van der Waals surface area contributed by atoms with Crippen molar-refractivity contribution in [1.82, 2.24) is 14.5 Å². The number of carbonyl (C=O) groups is 1. The van der Waals surface area contributed by atoms with Crippen molar-refractivity contribution in [3.05, 3.63) is 94.3 Å². The minimum atomic E-state index is -0.127. The predicted octanol–water partition coefficient (Wildman–Crippen LogP) is 4.39.